The van der Waals surface area contributed by atoms with Crippen LogP contribution in [0.3, 0.4) is 0 Å². The predicted molar refractivity (Wildman–Crippen MR) is 73.2 cm³/mol. The van der Waals surface area contributed by atoms with Crippen molar-refractivity contribution >= 4 is 11.6 Å². The maximum absolute atomic E-state index is 12.0. The minimum Gasteiger partial charge on any atom is -0.385 e. The molecule has 7 heteroatoms. The first-order chi connectivity index (χ1) is 9.69. The first kappa shape index (κ1) is 14.0. The maximum atomic E-state index is 12.0. The molecule has 106 valence electrons. The normalized spacial score (nSPS) is 10.3. The van der Waals surface area contributed by atoms with Crippen molar-refractivity contribution in [1.82, 2.24) is 20.4 Å². The number of hydrogen-bond donors (Lipinski definition) is 2. The Morgan fingerprint density at radius 3 is 3.00 bits per heavy atom. The van der Waals surface area contributed by atoms with E-state index in [2.05, 4.69) is 32.7 Å². The molecule has 0 saturated heterocycles. The lowest BCUT2D eigenvalue weighted by molar-refractivity contribution is 0.0941. The van der Waals surface area contributed by atoms with E-state index in [4.69, 9.17) is 4.52 Å². The first-order valence-corrected chi connectivity index (χ1v) is 6.46. The molecule has 7 nitrogen and oxygen atoms in total. The van der Waals surface area contributed by atoms with E-state index in [0.29, 0.717) is 17.4 Å². The molecule has 0 aliphatic rings. The van der Waals surface area contributed by atoms with Gasteiger partial charge in [-0.3, -0.25) is 9.78 Å². The van der Waals surface area contributed by atoms with E-state index in [1.807, 2.05) is 6.07 Å². The highest BCUT2D eigenvalue weighted by molar-refractivity contribution is 5.92. The Hall–Kier alpha value is -2.44. The van der Waals surface area contributed by atoms with Gasteiger partial charge in [0.05, 0.1) is 6.54 Å². The number of anilines is 1. The van der Waals surface area contributed by atoms with Crippen molar-refractivity contribution in [2.24, 2.45) is 0 Å². The average molecular weight is 275 g/mol. The SMILES string of the molecule is CCCNc1ccnc(C(=O)NCc2nc(C)no2)c1. The van der Waals surface area contributed by atoms with Crippen molar-refractivity contribution in [1.29, 1.82) is 0 Å². The molecule has 2 aromatic heterocycles. The van der Waals surface area contributed by atoms with E-state index < -0.39 is 0 Å². The molecule has 2 aromatic rings. The molecule has 2 N–H and O–H groups in total. The molecule has 2 heterocycles. The second kappa shape index (κ2) is 6.65. The van der Waals surface area contributed by atoms with E-state index in [-0.39, 0.29) is 12.5 Å². The third-order valence-corrected chi connectivity index (χ3v) is 2.54. The Kier molecular flexibility index (Phi) is 4.65. The summed E-state index contributed by atoms with van der Waals surface area (Å²) in [5.41, 5.74) is 1.22. The van der Waals surface area contributed by atoms with Crippen LogP contribution in [0.25, 0.3) is 0 Å². The molecular weight excluding hydrogens is 258 g/mol. The van der Waals surface area contributed by atoms with Crippen LogP contribution in [-0.4, -0.2) is 27.6 Å². The summed E-state index contributed by atoms with van der Waals surface area (Å²) in [7, 11) is 0. The molecular formula is C13H17N5O2. The number of aryl methyl sites for hydroxylation is 1. The Balaban J connectivity index is 1.94. The monoisotopic (exact) mass is 275 g/mol. The number of carbonyl (C=O) groups excluding carboxylic acids is 1. The fraction of sp³-hybridized carbons (Fsp3) is 0.385. The summed E-state index contributed by atoms with van der Waals surface area (Å²) < 4.78 is 4.92. The van der Waals surface area contributed by atoms with Crippen molar-refractivity contribution in [3.63, 3.8) is 0 Å². The minimum atomic E-state index is -0.277. The summed E-state index contributed by atoms with van der Waals surface area (Å²) in [5.74, 6) is 0.634. The number of nitrogens with zero attached hydrogens (tertiary/aromatic N) is 3. The summed E-state index contributed by atoms with van der Waals surface area (Å²) in [5, 5.41) is 9.54. The van der Waals surface area contributed by atoms with Crippen molar-refractivity contribution in [3.8, 4) is 0 Å². The van der Waals surface area contributed by atoms with Gasteiger partial charge in [0.1, 0.15) is 5.69 Å². The molecule has 0 saturated carbocycles. The Morgan fingerprint density at radius 2 is 2.30 bits per heavy atom. The van der Waals surface area contributed by atoms with Crippen LogP contribution in [0, 0.1) is 6.92 Å². The lowest BCUT2D eigenvalue weighted by Crippen LogP contribution is -2.24. The standard InChI is InChI=1S/C13H17N5O2/c1-3-5-14-10-4-6-15-11(7-10)13(19)16-8-12-17-9(2)18-20-12/h4,6-7H,3,5,8H2,1-2H3,(H,14,15)(H,16,19). The topological polar surface area (TPSA) is 92.9 Å². The zero-order valence-corrected chi connectivity index (χ0v) is 11.5. The second-order valence-electron chi connectivity index (χ2n) is 4.27. The molecule has 0 aliphatic carbocycles. The number of rotatable bonds is 6. The van der Waals surface area contributed by atoms with Crippen LogP contribution in [0.5, 0.6) is 0 Å². The highest BCUT2D eigenvalue weighted by Gasteiger charge is 2.10. The number of hydrogen-bond acceptors (Lipinski definition) is 6. The van der Waals surface area contributed by atoms with E-state index in [1.54, 1.807) is 19.2 Å². The van der Waals surface area contributed by atoms with Gasteiger partial charge in [0, 0.05) is 18.4 Å². The van der Waals surface area contributed by atoms with Gasteiger partial charge < -0.3 is 15.2 Å². The molecule has 2 rings (SSSR count). The Morgan fingerprint density at radius 1 is 1.45 bits per heavy atom. The molecule has 0 aromatic carbocycles. The highest BCUT2D eigenvalue weighted by Crippen LogP contribution is 2.08. The van der Waals surface area contributed by atoms with Gasteiger partial charge in [-0.2, -0.15) is 4.98 Å². The third kappa shape index (κ3) is 3.78. The van der Waals surface area contributed by atoms with Gasteiger partial charge in [0.25, 0.3) is 5.91 Å². The van der Waals surface area contributed by atoms with Crippen molar-refractivity contribution in [2.45, 2.75) is 26.8 Å². The fourth-order valence-electron chi connectivity index (χ4n) is 1.59. The molecule has 0 radical (unpaired) electrons. The summed E-state index contributed by atoms with van der Waals surface area (Å²) in [6, 6.07) is 3.54. The molecule has 1 amide bonds. The Labute approximate surface area is 116 Å². The number of aromatic nitrogens is 3. The first-order valence-electron chi connectivity index (χ1n) is 6.46. The minimum absolute atomic E-state index is 0.188. The zero-order valence-electron chi connectivity index (χ0n) is 11.5. The number of carbonyl (C=O) groups is 1. The van der Waals surface area contributed by atoms with Crippen LogP contribution in [0.2, 0.25) is 0 Å². The van der Waals surface area contributed by atoms with Gasteiger partial charge in [0.15, 0.2) is 5.82 Å². The van der Waals surface area contributed by atoms with Crippen molar-refractivity contribution in [2.75, 3.05) is 11.9 Å². The zero-order chi connectivity index (χ0) is 14.4. The van der Waals surface area contributed by atoms with Crippen molar-refractivity contribution in [3.05, 3.63) is 35.7 Å². The Bertz CT molecular complexity index is 582. The quantitative estimate of drug-likeness (QED) is 0.830. The molecule has 0 aliphatic heterocycles. The molecule has 0 spiro atoms. The summed E-state index contributed by atoms with van der Waals surface area (Å²) >= 11 is 0. The number of nitrogens with one attached hydrogen (secondary N) is 2. The van der Waals surface area contributed by atoms with Gasteiger partial charge in [-0.05, 0) is 25.5 Å². The molecule has 0 fully saturated rings. The van der Waals surface area contributed by atoms with Gasteiger partial charge in [-0.25, -0.2) is 0 Å². The van der Waals surface area contributed by atoms with Crippen LogP contribution in [-0.2, 0) is 6.54 Å². The van der Waals surface area contributed by atoms with Crippen LogP contribution >= 0.6 is 0 Å². The second-order valence-corrected chi connectivity index (χ2v) is 4.27. The van der Waals surface area contributed by atoms with Gasteiger partial charge in [0.2, 0.25) is 5.89 Å². The van der Waals surface area contributed by atoms with Gasteiger partial charge in [-0.15, -0.1) is 0 Å². The predicted octanol–water partition coefficient (Wildman–Crippen LogP) is 1.52. The smallest absolute Gasteiger partial charge is 0.270 e. The molecule has 0 atom stereocenters. The maximum Gasteiger partial charge on any atom is 0.270 e. The average Bonchev–Trinajstić information content (AvgIpc) is 2.88. The number of amides is 1. The lowest BCUT2D eigenvalue weighted by Gasteiger charge is -2.06. The van der Waals surface area contributed by atoms with Gasteiger partial charge in [-0.1, -0.05) is 12.1 Å². The van der Waals surface area contributed by atoms with E-state index in [0.717, 1.165) is 18.7 Å². The fourth-order valence-corrected chi connectivity index (χ4v) is 1.59. The van der Waals surface area contributed by atoms with Crippen LogP contribution in [0.4, 0.5) is 5.69 Å². The summed E-state index contributed by atoms with van der Waals surface area (Å²) in [6.07, 6.45) is 2.62. The van der Waals surface area contributed by atoms with E-state index in [1.165, 1.54) is 0 Å². The van der Waals surface area contributed by atoms with Crippen LogP contribution in [0.1, 0.15) is 35.5 Å². The largest absolute Gasteiger partial charge is 0.385 e. The van der Waals surface area contributed by atoms with Gasteiger partial charge >= 0.3 is 0 Å². The molecule has 0 unspecified atom stereocenters. The lowest BCUT2D eigenvalue weighted by atomic mass is 10.3. The highest BCUT2D eigenvalue weighted by atomic mass is 16.5. The van der Waals surface area contributed by atoms with Crippen LogP contribution in [0.15, 0.2) is 22.9 Å². The van der Waals surface area contributed by atoms with Crippen molar-refractivity contribution < 1.29 is 9.32 Å². The van der Waals surface area contributed by atoms with E-state index >= 15 is 0 Å². The molecule has 20 heavy (non-hydrogen) atoms. The third-order valence-electron chi connectivity index (χ3n) is 2.54. The van der Waals surface area contributed by atoms with Crippen LogP contribution < -0.4 is 10.6 Å². The number of pyridine rings is 1. The summed E-state index contributed by atoms with van der Waals surface area (Å²) in [6.45, 7) is 4.84. The van der Waals surface area contributed by atoms with E-state index in [9.17, 15) is 4.79 Å². The molecule has 0 bridgehead atoms. The summed E-state index contributed by atoms with van der Waals surface area (Å²) in [4.78, 5) is 20.0.